The molecule has 2 aliphatic rings. The van der Waals surface area contributed by atoms with Crippen molar-refractivity contribution in [3.8, 4) is 0 Å². The van der Waals surface area contributed by atoms with Gasteiger partial charge in [0.15, 0.2) is 0 Å². The van der Waals surface area contributed by atoms with Gasteiger partial charge in [-0.25, -0.2) is 0 Å². The minimum atomic E-state index is 0.00324. The third kappa shape index (κ3) is 2.93. The van der Waals surface area contributed by atoms with Crippen LogP contribution in [0.4, 0.5) is 0 Å². The molecule has 6 nitrogen and oxygen atoms in total. The lowest BCUT2D eigenvalue weighted by Gasteiger charge is -2.27. The lowest BCUT2D eigenvalue weighted by atomic mass is 9.96. The molecule has 0 saturated carbocycles. The number of hydrogen-bond donors (Lipinski definition) is 0. The van der Waals surface area contributed by atoms with Crippen LogP contribution in [-0.4, -0.2) is 46.3 Å². The van der Waals surface area contributed by atoms with Crippen molar-refractivity contribution in [3.63, 3.8) is 0 Å². The van der Waals surface area contributed by atoms with E-state index in [1.54, 1.807) is 0 Å². The van der Waals surface area contributed by atoms with Crippen LogP contribution in [0.25, 0.3) is 0 Å². The molecule has 2 aromatic rings. The Bertz CT molecular complexity index is 610. The van der Waals surface area contributed by atoms with Gasteiger partial charge in [-0.1, -0.05) is 12.1 Å². The lowest BCUT2D eigenvalue weighted by Crippen LogP contribution is -2.42. The molecule has 0 spiro atoms. The molecule has 126 valence electrons. The molecule has 0 bridgehead atoms. The highest BCUT2D eigenvalue weighted by atomic mass is 16.7. The van der Waals surface area contributed by atoms with Gasteiger partial charge >= 0.3 is 0 Å². The largest absolute Gasteiger partial charge is 0.289 e. The first-order valence-electron chi connectivity index (χ1n) is 8.33. The highest BCUT2D eigenvalue weighted by molar-refractivity contribution is 5.11. The summed E-state index contributed by atoms with van der Waals surface area (Å²) in [5, 5.41) is 3.93. The molecule has 0 radical (unpaired) electrons. The molecule has 0 amide bonds. The fraction of sp³-hybridized carbons (Fsp3) is 0.444. The maximum Gasteiger partial charge on any atom is 0.123 e. The van der Waals surface area contributed by atoms with Gasteiger partial charge in [-0.05, 0) is 24.3 Å². The molecule has 4 rings (SSSR count). The summed E-state index contributed by atoms with van der Waals surface area (Å²) in [6, 6.07) is 12.4. The highest BCUT2D eigenvalue weighted by Gasteiger charge is 2.44. The van der Waals surface area contributed by atoms with Crippen molar-refractivity contribution in [2.45, 2.75) is 37.1 Å². The Hall–Kier alpha value is -1.86. The highest BCUT2D eigenvalue weighted by Crippen LogP contribution is 2.40. The molecular weight excluding hydrogens is 304 g/mol. The first kappa shape index (κ1) is 15.7. The Morgan fingerprint density at radius 3 is 1.62 bits per heavy atom. The maximum absolute atomic E-state index is 6.03. The second-order valence-electron chi connectivity index (χ2n) is 6.40. The first-order chi connectivity index (χ1) is 11.7. The number of aromatic nitrogens is 2. The quantitative estimate of drug-likeness (QED) is 0.864. The van der Waals surface area contributed by atoms with Crippen LogP contribution >= 0.6 is 0 Å². The van der Waals surface area contributed by atoms with Gasteiger partial charge in [0, 0.05) is 39.3 Å². The molecule has 0 N–H and O–H groups in total. The molecule has 4 atom stereocenters. The van der Waals surface area contributed by atoms with Gasteiger partial charge in [-0.2, -0.15) is 10.1 Å². The number of hydrogen-bond acceptors (Lipinski definition) is 6. The van der Waals surface area contributed by atoms with Crippen LogP contribution in [-0.2, 0) is 9.68 Å². The van der Waals surface area contributed by atoms with Crippen LogP contribution < -0.4 is 0 Å². The van der Waals surface area contributed by atoms with E-state index in [9.17, 15) is 0 Å². The average Bonchev–Trinajstić information content (AvgIpc) is 3.19. The van der Waals surface area contributed by atoms with E-state index >= 15 is 0 Å². The van der Waals surface area contributed by atoms with Crippen molar-refractivity contribution in [1.29, 1.82) is 0 Å². The van der Waals surface area contributed by atoms with Gasteiger partial charge in [0.2, 0.25) is 0 Å². The second kappa shape index (κ2) is 6.57. The fourth-order valence-electron chi connectivity index (χ4n) is 3.66. The molecular formula is C18H22N4O2. The molecule has 24 heavy (non-hydrogen) atoms. The minimum absolute atomic E-state index is 0.00324. The van der Waals surface area contributed by atoms with Crippen LogP contribution in [0.2, 0.25) is 0 Å². The van der Waals surface area contributed by atoms with Gasteiger partial charge in [0.25, 0.3) is 0 Å². The molecule has 2 fully saturated rings. The van der Waals surface area contributed by atoms with Crippen molar-refractivity contribution in [2.75, 3.05) is 14.1 Å². The van der Waals surface area contributed by atoms with Gasteiger partial charge in [0.05, 0.1) is 23.5 Å². The van der Waals surface area contributed by atoms with Crippen molar-refractivity contribution in [3.05, 3.63) is 60.2 Å². The standard InChI is InChI=1S/C18H22N4O2/c1-21-15(11-17(23-21)13-7-3-5-9-19-13)16-12-18(24-22(16)2)14-8-4-6-10-20-14/h3-10,15-18H,11-12H2,1-2H3/t15-,16-,17-,18+/m1/s1. The predicted molar refractivity (Wildman–Crippen MR) is 88.5 cm³/mol. The smallest absolute Gasteiger partial charge is 0.123 e. The summed E-state index contributed by atoms with van der Waals surface area (Å²) in [5.74, 6) is 0. The SMILES string of the molecule is CN1O[C@H](c2ccccn2)C[C@@H]1[C@H]1C[C@H](c2ccccn2)ON1C. The van der Waals surface area contributed by atoms with Crippen LogP contribution in [0.3, 0.4) is 0 Å². The molecule has 0 aliphatic carbocycles. The zero-order chi connectivity index (χ0) is 16.5. The zero-order valence-electron chi connectivity index (χ0n) is 13.9. The first-order valence-corrected chi connectivity index (χ1v) is 8.33. The molecule has 2 aliphatic heterocycles. The van der Waals surface area contributed by atoms with Crippen LogP contribution in [0.5, 0.6) is 0 Å². The van der Waals surface area contributed by atoms with E-state index < -0.39 is 0 Å². The van der Waals surface area contributed by atoms with Crippen molar-refractivity contribution in [1.82, 2.24) is 20.1 Å². The molecule has 2 aromatic heterocycles. The van der Waals surface area contributed by atoms with E-state index in [2.05, 4.69) is 9.97 Å². The number of likely N-dealkylation sites (N-methyl/N-ethyl adjacent to an activating group) is 2. The van der Waals surface area contributed by atoms with E-state index in [4.69, 9.17) is 9.68 Å². The van der Waals surface area contributed by atoms with E-state index in [-0.39, 0.29) is 24.3 Å². The fourth-order valence-corrected chi connectivity index (χ4v) is 3.66. The van der Waals surface area contributed by atoms with Crippen LogP contribution in [0.1, 0.15) is 36.4 Å². The summed E-state index contributed by atoms with van der Waals surface area (Å²) in [5.41, 5.74) is 1.96. The van der Waals surface area contributed by atoms with Crippen molar-refractivity contribution in [2.24, 2.45) is 0 Å². The predicted octanol–water partition coefficient (Wildman–Crippen LogP) is 2.53. The van der Waals surface area contributed by atoms with Crippen LogP contribution in [0, 0.1) is 0 Å². The van der Waals surface area contributed by atoms with E-state index in [0.717, 1.165) is 24.2 Å². The normalized spacial score (nSPS) is 31.6. The number of hydroxylamine groups is 4. The molecule has 2 saturated heterocycles. The number of nitrogens with zero attached hydrogens (tertiary/aromatic N) is 4. The van der Waals surface area contributed by atoms with Gasteiger partial charge in [0.1, 0.15) is 12.2 Å². The minimum Gasteiger partial charge on any atom is -0.289 e. The summed E-state index contributed by atoms with van der Waals surface area (Å²) < 4.78 is 0. The summed E-state index contributed by atoms with van der Waals surface area (Å²) in [6.07, 6.45) is 5.44. The van der Waals surface area contributed by atoms with Gasteiger partial charge < -0.3 is 0 Å². The summed E-state index contributed by atoms with van der Waals surface area (Å²) >= 11 is 0. The Labute approximate surface area is 141 Å². The maximum atomic E-state index is 6.03. The Balaban J connectivity index is 1.48. The number of pyridine rings is 2. The van der Waals surface area contributed by atoms with E-state index in [1.165, 1.54) is 0 Å². The van der Waals surface area contributed by atoms with Crippen molar-refractivity contribution < 1.29 is 9.68 Å². The summed E-state index contributed by atoms with van der Waals surface area (Å²) in [6.45, 7) is 0. The topological polar surface area (TPSA) is 50.7 Å². The molecule has 6 heteroatoms. The van der Waals surface area contributed by atoms with Crippen LogP contribution in [0.15, 0.2) is 48.8 Å². The van der Waals surface area contributed by atoms with E-state index in [1.807, 2.05) is 73.0 Å². The molecule has 0 unspecified atom stereocenters. The average molecular weight is 326 g/mol. The zero-order valence-corrected chi connectivity index (χ0v) is 13.9. The molecule has 0 aromatic carbocycles. The monoisotopic (exact) mass is 326 g/mol. The molecule has 4 heterocycles. The third-order valence-corrected chi connectivity index (χ3v) is 4.91. The Morgan fingerprint density at radius 2 is 1.25 bits per heavy atom. The Kier molecular flexibility index (Phi) is 4.28. The number of rotatable bonds is 3. The summed E-state index contributed by atoms with van der Waals surface area (Å²) in [4.78, 5) is 20.9. The summed E-state index contributed by atoms with van der Waals surface area (Å²) in [7, 11) is 3.99. The third-order valence-electron chi connectivity index (χ3n) is 4.91. The van der Waals surface area contributed by atoms with Gasteiger partial charge in [-0.15, -0.1) is 0 Å². The van der Waals surface area contributed by atoms with Crippen molar-refractivity contribution >= 4 is 0 Å². The lowest BCUT2D eigenvalue weighted by molar-refractivity contribution is -0.184. The Morgan fingerprint density at radius 1 is 0.792 bits per heavy atom. The van der Waals surface area contributed by atoms with E-state index in [0.29, 0.717) is 0 Å². The second-order valence-corrected chi connectivity index (χ2v) is 6.40. The van der Waals surface area contributed by atoms with Gasteiger partial charge in [-0.3, -0.25) is 19.6 Å².